The van der Waals surface area contributed by atoms with E-state index >= 15 is 0 Å². The minimum atomic E-state index is 0.542. The molecule has 7 heavy (non-hydrogen) atoms. The van der Waals surface area contributed by atoms with Crippen molar-refractivity contribution < 1.29 is 4.84 Å². The molecule has 0 spiro atoms. The molecule has 1 aliphatic heterocycles. The van der Waals surface area contributed by atoms with Crippen LogP contribution in [0.3, 0.4) is 0 Å². The minimum absolute atomic E-state index is 0.542. The van der Waals surface area contributed by atoms with Crippen LogP contribution in [0.1, 0.15) is 13.8 Å². The smallest absolute Gasteiger partial charge is 0.125 e. The highest BCUT2D eigenvalue weighted by atomic mass is 16.6. The number of hydrogen-bond acceptors (Lipinski definition) is 2. The second-order valence-corrected chi connectivity index (χ2v) is 1.93. The van der Waals surface area contributed by atoms with E-state index in [4.69, 9.17) is 4.84 Å². The van der Waals surface area contributed by atoms with Gasteiger partial charge in [-0.2, -0.15) is 0 Å². The fourth-order valence-corrected chi connectivity index (χ4v) is 0.461. The summed E-state index contributed by atoms with van der Waals surface area (Å²) in [7, 11) is 0. The molecule has 1 atom stereocenters. The standard InChI is InChI=1S/C5H9NO/c1-4-3-7-6-5(4)2/h4H,3H2,1-2H3/t4-/m1/s1. The number of nitrogens with zero attached hydrogens (tertiary/aromatic N) is 1. The van der Waals surface area contributed by atoms with Crippen molar-refractivity contribution >= 4 is 5.71 Å². The van der Waals surface area contributed by atoms with E-state index in [1.165, 1.54) is 0 Å². The lowest BCUT2D eigenvalue weighted by molar-refractivity contribution is 0.158. The van der Waals surface area contributed by atoms with Crippen molar-refractivity contribution in [1.82, 2.24) is 0 Å². The third-order valence-corrected chi connectivity index (χ3v) is 1.25. The second kappa shape index (κ2) is 1.52. The predicted molar refractivity (Wildman–Crippen MR) is 28.2 cm³/mol. The average molecular weight is 99.1 g/mol. The predicted octanol–water partition coefficient (Wildman–Crippen LogP) is 1.03. The molecular formula is C5H9NO. The Bertz CT molecular complexity index is 98.3. The van der Waals surface area contributed by atoms with Crippen LogP contribution >= 0.6 is 0 Å². The van der Waals surface area contributed by atoms with E-state index in [0.29, 0.717) is 5.92 Å². The maximum atomic E-state index is 4.76. The first-order valence-electron chi connectivity index (χ1n) is 2.47. The first-order valence-corrected chi connectivity index (χ1v) is 2.47. The van der Waals surface area contributed by atoms with E-state index in [2.05, 4.69) is 12.1 Å². The monoisotopic (exact) mass is 99.1 g/mol. The van der Waals surface area contributed by atoms with Gasteiger partial charge in [-0.25, -0.2) is 0 Å². The van der Waals surface area contributed by atoms with Gasteiger partial charge in [0.1, 0.15) is 6.61 Å². The Hall–Kier alpha value is -0.530. The van der Waals surface area contributed by atoms with E-state index in [1.54, 1.807) is 0 Å². The summed E-state index contributed by atoms with van der Waals surface area (Å²) in [4.78, 5) is 4.76. The van der Waals surface area contributed by atoms with E-state index in [-0.39, 0.29) is 0 Å². The lowest BCUT2D eigenvalue weighted by Crippen LogP contribution is -2.02. The molecule has 1 aliphatic rings. The van der Waals surface area contributed by atoms with Gasteiger partial charge in [-0.1, -0.05) is 12.1 Å². The summed E-state index contributed by atoms with van der Waals surface area (Å²) >= 11 is 0. The normalized spacial score (nSPS) is 29.4. The molecule has 40 valence electrons. The summed E-state index contributed by atoms with van der Waals surface area (Å²) in [5, 5.41) is 3.73. The number of oxime groups is 1. The van der Waals surface area contributed by atoms with Gasteiger partial charge >= 0.3 is 0 Å². The minimum Gasteiger partial charge on any atom is -0.395 e. The van der Waals surface area contributed by atoms with Crippen LogP contribution in [0.2, 0.25) is 0 Å². The molecule has 2 nitrogen and oxygen atoms in total. The van der Waals surface area contributed by atoms with Crippen molar-refractivity contribution in [3.63, 3.8) is 0 Å². The number of hydrogen-bond donors (Lipinski definition) is 0. The van der Waals surface area contributed by atoms with Gasteiger partial charge in [-0.15, -0.1) is 0 Å². The molecule has 0 aromatic carbocycles. The molecule has 0 bridgehead atoms. The fraction of sp³-hybridized carbons (Fsp3) is 0.800. The molecular weight excluding hydrogens is 90.1 g/mol. The molecule has 0 unspecified atom stereocenters. The molecule has 2 heteroatoms. The summed E-state index contributed by atoms with van der Waals surface area (Å²) in [6.07, 6.45) is 0. The quantitative estimate of drug-likeness (QED) is 0.444. The molecule has 0 aromatic rings. The Balaban J connectivity index is 2.54. The van der Waals surface area contributed by atoms with Crippen LogP contribution in [0, 0.1) is 5.92 Å². The topological polar surface area (TPSA) is 21.6 Å². The van der Waals surface area contributed by atoms with Crippen LogP contribution in [0.25, 0.3) is 0 Å². The van der Waals surface area contributed by atoms with Crippen LogP contribution in [0.5, 0.6) is 0 Å². The van der Waals surface area contributed by atoms with Crippen LogP contribution in [-0.2, 0) is 4.84 Å². The maximum absolute atomic E-state index is 4.76. The van der Waals surface area contributed by atoms with Crippen LogP contribution in [0.15, 0.2) is 5.16 Å². The van der Waals surface area contributed by atoms with Gasteiger partial charge in [0.25, 0.3) is 0 Å². The highest BCUT2D eigenvalue weighted by molar-refractivity contribution is 5.84. The Morgan fingerprint density at radius 2 is 2.57 bits per heavy atom. The highest BCUT2D eigenvalue weighted by Gasteiger charge is 2.11. The van der Waals surface area contributed by atoms with Crippen molar-refractivity contribution in [2.45, 2.75) is 13.8 Å². The molecule has 0 aromatic heterocycles. The van der Waals surface area contributed by atoms with Crippen molar-refractivity contribution in [3.8, 4) is 0 Å². The molecule has 1 rings (SSSR count). The summed E-state index contributed by atoms with van der Waals surface area (Å²) in [6.45, 7) is 4.86. The third-order valence-electron chi connectivity index (χ3n) is 1.25. The molecule has 0 saturated heterocycles. The SMILES string of the molecule is CC1=NOC[C@H]1C. The summed E-state index contributed by atoms with van der Waals surface area (Å²) in [5.41, 5.74) is 1.11. The highest BCUT2D eigenvalue weighted by Crippen LogP contribution is 2.06. The molecule has 0 amide bonds. The molecule has 1 heterocycles. The number of rotatable bonds is 0. The molecule has 0 N–H and O–H groups in total. The molecule has 0 fully saturated rings. The zero-order chi connectivity index (χ0) is 5.28. The van der Waals surface area contributed by atoms with E-state index in [1.807, 2.05) is 6.92 Å². The van der Waals surface area contributed by atoms with Crippen molar-refractivity contribution in [1.29, 1.82) is 0 Å². The van der Waals surface area contributed by atoms with Gasteiger partial charge in [0.2, 0.25) is 0 Å². The van der Waals surface area contributed by atoms with Crippen molar-refractivity contribution in [2.75, 3.05) is 6.61 Å². The largest absolute Gasteiger partial charge is 0.395 e. The van der Waals surface area contributed by atoms with E-state index in [0.717, 1.165) is 12.3 Å². The van der Waals surface area contributed by atoms with Gasteiger partial charge in [0, 0.05) is 5.92 Å². The lowest BCUT2D eigenvalue weighted by Gasteiger charge is -1.92. The van der Waals surface area contributed by atoms with Crippen molar-refractivity contribution in [2.24, 2.45) is 11.1 Å². The Morgan fingerprint density at radius 3 is 2.71 bits per heavy atom. The first kappa shape index (κ1) is 4.62. The molecule has 0 aliphatic carbocycles. The van der Waals surface area contributed by atoms with Crippen LogP contribution in [0.4, 0.5) is 0 Å². The van der Waals surface area contributed by atoms with Crippen LogP contribution in [-0.4, -0.2) is 12.3 Å². The van der Waals surface area contributed by atoms with Gasteiger partial charge in [-0.05, 0) is 6.92 Å². The summed E-state index contributed by atoms with van der Waals surface area (Å²) in [6, 6.07) is 0. The van der Waals surface area contributed by atoms with E-state index in [9.17, 15) is 0 Å². The Labute approximate surface area is 43.2 Å². The maximum Gasteiger partial charge on any atom is 0.125 e. The Kier molecular flexibility index (Phi) is 1.01. The fourth-order valence-electron chi connectivity index (χ4n) is 0.461. The van der Waals surface area contributed by atoms with Gasteiger partial charge in [-0.3, -0.25) is 0 Å². The molecule has 0 saturated carbocycles. The van der Waals surface area contributed by atoms with Gasteiger partial charge in [0.05, 0.1) is 5.71 Å². The zero-order valence-electron chi connectivity index (χ0n) is 4.64. The summed E-state index contributed by atoms with van der Waals surface area (Å²) in [5.74, 6) is 0.542. The van der Waals surface area contributed by atoms with Gasteiger partial charge < -0.3 is 4.84 Å². The first-order chi connectivity index (χ1) is 3.30. The average Bonchev–Trinajstić information content (AvgIpc) is 1.91. The summed E-state index contributed by atoms with van der Waals surface area (Å²) < 4.78 is 0. The lowest BCUT2D eigenvalue weighted by atomic mass is 10.1. The van der Waals surface area contributed by atoms with Gasteiger partial charge in [0.15, 0.2) is 0 Å². The second-order valence-electron chi connectivity index (χ2n) is 1.93. The zero-order valence-corrected chi connectivity index (χ0v) is 4.64. The van der Waals surface area contributed by atoms with Crippen molar-refractivity contribution in [3.05, 3.63) is 0 Å². The molecule has 0 radical (unpaired) electrons. The van der Waals surface area contributed by atoms with Crippen LogP contribution < -0.4 is 0 Å². The third kappa shape index (κ3) is 0.734. The Morgan fingerprint density at radius 1 is 1.86 bits per heavy atom. The van der Waals surface area contributed by atoms with E-state index < -0.39 is 0 Å².